The lowest BCUT2D eigenvalue weighted by molar-refractivity contribution is -0.137. The van der Waals surface area contributed by atoms with Crippen molar-refractivity contribution in [3.05, 3.63) is 103 Å². The first kappa shape index (κ1) is 22.0. The van der Waals surface area contributed by atoms with Crippen molar-refractivity contribution in [2.75, 3.05) is 7.05 Å². The van der Waals surface area contributed by atoms with Gasteiger partial charge in [-0.1, -0.05) is 54.6 Å². The van der Waals surface area contributed by atoms with Crippen LogP contribution in [0.5, 0.6) is 0 Å². The lowest BCUT2D eigenvalue weighted by Crippen LogP contribution is -2.24. The smallest absolute Gasteiger partial charge is 0.305 e. The molecule has 0 amide bonds. The molecular formula is C27H25N3O3. The molecule has 2 heterocycles. The molecule has 0 aliphatic carbocycles. The Morgan fingerprint density at radius 1 is 0.939 bits per heavy atom. The van der Waals surface area contributed by atoms with Crippen molar-refractivity contribution >= 4 is 11.9 Å². The summed E-state index contributed by atoms with van der Waals surface area (Å²) in [7, 11) is 1.62. The Hall–Kier alpha value is -4.19. The summed E-state index contributed by atoms with van der Waals surface area (Å²) in [6.45, 7) is 0.328. The van der Waals surface area contributed by atoms with Gasteiger partial charge in [0.2, 0.25) is 5.90 Å². The van der Waals surface area contributed by atoms with E-state index >= 15 is 0 Å². The van der Waals surface area contributed by atoms with Crippen LogP contribution in [0.15, 0.2) is 103 Å². The van der Waals surface area contributed by atoms with E-state index in [1.54, 1.807) is 19.4 Å². The molecule has 6 heteroatoms. The fourth-order valence-electron chi connectivity index (χ4n) is 3.70. The van der Waals surface area contributed by atoms with Crippen LogP contribution in [0.2, 0.25) is 0 Å². The molecule has 0 unspecified atom stereocenters. The predicted octanol–water partition coefficient (Wildman–Crippen LogP) is 5.48. The van der Waals surface area contributed by atoms with Gasteiger partial charge in [-0.15, -0.1) is 0 Å². The van der Waals surface area contributed by atoms with Gasteiger partial charge in [-0.05, 0) is 46.0 Å². The Balaban J connectivity index is 1.54. The molecule has 0 radical (unpaired) electrons. The fraction of sp³-hybridized carbons (Fsp3) is 0.148. The third-order valence-corrected chi connectivity index (χ3v) is 5.41. The van der Waals surface area contributed by atoms with Crippen LogP contribution in [0.3, 0.4) is 0 Å². The third kappa shape index (κ3) is 5.54. The molecule has 0 aliphatic heterocycles. The standard InChI is InChI=1S/C27H25N3O3/c1-28-27(33-19-20-5-3-2-4-6-20)25(17-26(31)32)30-16-13-24(18-30)22-9-7-21(8-10-22)23-11-14-29-15-12-23/h2-16,18,25H,17,19H2,1H3,(H,31,32)/t25-/m1/s1. The summed E-state index contributed by atoms with van der Waals surface area (Å²) in [6, 6.07) is 23.4. The van der Waals surface area contributed by atoms with Gasteiger partial charge < -0.3 is 14.4 Å². The van der Waals surface area contributed by atoms with Crippen LogP contribution >= 0.6 is 0 Å². The number of ether oxygens (including phenoxy) is 1. The zero-order chi connectivity index (χ0) is 23.0. The molecule has 2 aromatic heterocycles. The Morgan fingerprint density at radius 3 is 2.21 bits per heavy atom. The van der Waals surface area contributed by atoms with E-state index in [2.05, 4.69) is 34.2 Å². The van der Waals surface area contributed by atoms with Crippen molar-refractivity contribution in [3.63, 3.8) is 0 Å². The average Bonchev–Trinajstić information content (AvgIpc) is 3.35. The molecular weight excluding hydrogens is 414 g/mol. The zero-order valence-electron chi connectivity index (χ0n) is 18.3. The largest absolute Gasteiger partial charge is 0.481 e. The second-order valence-corrected chi connectivity index (χ2v) is 7.61. The van der Waals surface area contributed by atoms with Crippen molar-refractivity contribution in [1.82, 2.24) is 9.55 Å². The molecule has 0 spiro atoms. The first-order valence-electron chi connectivity index (χ1n) is 10.7. The maximum atomic E-state index is 11.6. The van der Waals surface area contributed by atoms with Gasteiger partial charge in [-0.3, -0.25) is 14.8 Å². The number of carboxylic acid groups (broad SMARTS) is 1. The molecule has 1 atom stereocenters. The lowest BCUT2D eigenvalue weighted by Gasteiger charge is -2.20. The summed E-state index contributed by atoms with van der Waals surface area (Å²) in [5.74, 6) is -0.530. The highest BCUT2D eigenvalue weighted by molar-refractivity contribution is 5.85. The van der Waals surface area contributed by atoms with Crippen molar-refractivity contribution in [2.24, 2.45) is 4.99 Å². The number of aliphatic carboxylic acids is 1. The number of benzene rings is 2. The van der Waals surface area contributed by atoms with E-state index in [4.69, 9.17) is 4.74 Å². The summed E-state index contributed by atoms with van der Waals surface area (Å²) >= 11 is 0. The van der Waals surface area contributed by atoms with Gasteiger partial charge in [-0.2, -0.15) is 0 Å². The number of pyridine rings is 1. The van der Waals surface area contributed by atoms with Crippen LogP contribution in [0.4, 0.5) is 0 Å². The molecule has 4 rings (SSSR count). The first-order chi connectivity index (χ1) is 16.1. The average molecular weight is 440 g/mol. The number of hydrogen-bond donors (Lipinski definition) is 1. The Bertz CT molecular complexity index is 1220. The summed E-state index contributed by atoms with van der Waals surface area (Å²) in [4.78, 5) is 19.9. The van der Waals surface area contributed by atoms with E-state index in [9.17, 15) is 9.90 Å². The molecule has 6 nitrogen and oxygen atoms in total. The van der Waals surface area contributed by atoms with Crippen molar-refractivity contribution in [1.29, 1.82) is 0 Å². The van der Waals surface area contributed by atoms with Gasteiger partial charge in [0.15, 0.2) is 0 Å². The number of carboxylic acids is 1. The minimum atomic E-state index is -0.915. The zero-order valence-corrected chi connectivity index (χ0v) is 18.3. The van der Waals surface area contributed by atoms with E-state index in [1.165, 1.54) is 0 Å². The van der Waals surface area contributed by atoms with Gasteiger partial charge in [0, 0.05) is 31.8 Å². The van der Waals surface area contributed by atoms with Crippen LogP contribution < -0.4 is 0 Å². The van der Waals surface area contributed by atoms with Crippen molar-refractivity contribution in [3.8, 4) is 22.3 Å². The van der Waals surface area contributed by atoms with Crippen LogP contribution in [0.25, 0.3) is 22.3 Å². The summed E-state index contributed by atoms with van der Waals surface area (Å²) < 4.78 is 7.79. The van der Waals surface area contributed by atoms with Gasteiger partial charge in [0.05, 0.1) is 6.42 Å². The molecule has 166 valence electrons. The molecule has 2 aromatic carbocycles. The van der Waals surface area contributed by atoms with Gasteiger partial charge in [0.25, 0.3) is 0 Å². The predicted molar refractivity (Wildman–Crippen MR) is 129 cm³/mol. The molecule has 0 saturated carbocycles. The number of nitrogens with zero attached hydrogens (tertiary/aromatic N) is 3. The topological polar surface area (TPSA) is 76.7 Å². The quantitative estimate of drug-likeness (QED) is 0.291. The molecule has 0 saturated heterocycles. The Morgan fingerprint density at radius 2 is 1.58 bits per heavy atom. The summed E-state index contributed by atoms with van der Waals surface area (Å²) in [5, 5.41) is 9.51. The first-order valence-corrected chi connectivity index (χ1v) is 10.7. The van der Waals surface area contributed by atoms with Crippen LogP contribution in [-0.4, -0.2) is 33.6 Å². The molecule has 0 aliphatic rings. The maximum absolute atomic E-state index is 11.6. The number of rotatable bonds is 8. The molecule has 1 N–H and O–H groups in total. The molecule has 33 heavy (non-hydrogen) atoms. The second-order valence-electron chi connectivity index (χ2n) is 7.61. The highest BCUT2D eigenvalue weighted by Gasteiger charge is 2.23. The van der Waals surface area contributed by atoms with Gasteiger partial charge in [-0.25, -0.2) is 0 Å². The minimum Gasteiger partial charge on any atom is -0.481 e. The minimum absolute atomic E-state index is 0.128. The summed E-state index contributed by atoms with van der Waals surface area (Å²) in [5.41, 5.74) is 5.25. The van der Waals surface area contributed by atoms with Crippen LogP contribution in [-0.2, 0) is 16.1 Å². The van der Waals surface area contributed by atoms with Crippen molar-refractivity contribution < 1.29 is 14.6 Å². The number of aliphatic imine (C=N–C) groups is 1. The van der Waals surface area contributed by atoms with E-state index in [-0.39, 0.29) is 6.42 Å². The van der Waals surface area contributed by atoms with Crippen LogP contribution in [0, 0.1) is 0 Å². The lowest BCUT2D eigenvalue weighted by atomic mass is 10.0. The Labute approximate surface area is 192 Å². The van der Waals surface area contributed by atoms with Gasteiger partial charge >= 0.3 is 5.97 Å². The van der Waals surface area contributed by atoms with Gasteiger partial charge in [0.1, 0.15) is 12.6 Å². The molecule has 4 aromatic rings. The van der Waals surface area contributed by atoms with E-state index < -0.39 is 12.0 Å². The number of carbonyl (C=O) groups is 1. The number of hydrogen-bond acceptors (Lipinski definition) is 4. The van der Waals surface area contributed by atoms with Crippen molar-refractivity contribution in [2.45, 2.75) is 19.1 Å². The highest BCUT2D eigenvalue weighted by atomic mass is 16.5. The van der Waals surface area contributed by atoms with Crippen LogP contribution in [0.1, 0.15) is 18.0 Å². The normalized spacial score (nSPS) is 12.3. The monoisotopic (exact) mass is 439 g/mol. The fourth-order valence-corrected chi connectivity index (χ4v) is 3.70. The third-order valence-electron chi connectivity index (χ3n) is 5.41. The van der Waals surface area contributed by atoms with E-state index in [0.717, 1.165) is 27.8 Å². The second kappa shape index (κ2) is 10.4. The van der Waals surface area contributed by atoms with E-state index in [1.807, 2.05) is 65.5 Å². The number of aromatic nitrogens is 2. The SMILES string of the molecule is CN=C(OCc1ccccc1)[C@@H](CC(=O)O)n1ccc(-c2ccc(-c3ccncc3)cc2)c1. The maximum Gasteiger partial charge on any atom is 0.305 e. The van der Waals surface area contributed by atoms with E-state index in [0.29, 0.717) is 12.5 Å². The molecule has 0 fully saturated rings. The Kier molecular flexibility index (Phi) is 6.95. The summed E-state index contributed by atoms with van der Waals surface area (Å²) in [6.07, 6.45) is 7.23. The molecule has 0 bridgehead atoms. The highest BCUT2D eigenvalue weighted by Crippen LogP contribution is 2.27.